The summed E-state index contributed by atoms with van der Waals surface area (Å²) in [5, 5.41) is 0. The van der Waals surface area contributed by atoms with Gasteiger partial charge < -0.3 is 14.4 Å². The van der Waals surface area contributed by atoms with E-state index in [4.69, 9.17) is 9.47 Å². The molecule has 0 N–H and O–H groups in total. The monoisotopic (exact) mass is 429 g/mol. The molecule has 1 aromatic rings. The zero-order valence-corrected chi connectivity index (χ0v) is 18.8. The van der Waals surface area contributed by atoms with E-state index in [2.05, 4.69) is 0 Å². The van der Waals surface area contributed by atoms with Gasteiger partial charge in [0.15, 0.2) is 5.78 Å². The highest BCUT2D eigenvalue weighted by atomic mass is 16.5. The fraction of sp³-hybridized carbons (Fsp3) is 0.560. The molecule has 2 rings (SSSR count). The van der Waals surface area contributed by atoms with Crippen molar-refractivity contribution in [2.75, 3.05) is 20.3 Å². The number of allylic oxidation sites excluding steroid dienone is 1. The second-order valence-corrected chi connectivity index (χ2v) is 7.92. The van der Waals surface area contributed by atoms with Crippen LogP contribution in [0.25, 0.3) is 0 Å². The normalized spacial score (nSPS) is 16.3. The topological polar surface area (TPSA) is 72.9 Å². The number of ether oxygens (including phenoxy) is 2. The predicted molar refractivity (Wildman–Crippen MR) is 119 cm³/mol. The van der Waals surface area contributed by atoms with Crippen LogP contribution in [-0.4, -0.2) is 48.9 Å². The summed E-state index contributed by atoms with van der Waals surface area (Å²) in [5.41, 5.74) is 2.01. The number of carbonyl (C=O) groups excluding carboxylic acids is 3. The number of nitrogens with zero attached hydrogens (tertiary/aromatic N) is 1. The Morgan fingerprint density at radius 3 is 2.71 bits per heavy atom. The Morgan fingerprint density at radius 2 is 1.94 bits per heavy atom. The van der Waals surface area contributed by atoms with Crippen molar-refractivity contribution in [3.63, 3.8) is 0 Å². The molecular weight excluding hydrogens is 394 g/mol. The van der Waals surface area contributed by atoms with Gasteiger partial charge in [0.05, 0.1) is 19.3 Å². The molecule has 0 aromatic heterocycles. The molecule has 6 nitrogen and oxygen atoms in total. The maximum absolute atomic E-state index is 12.4. The maximum atomic E-state index is 12.4. The summed E-state index contributed by atoms with van der Waals surface area (Å²) < 4.78 is 10.1. The molecule has 1 aliphatic heterocycles. The lowest BCUT2D eigenvalue weighted by molar-refractivity contribution is -0.143. The van der Waals surface area contributed by atoms with Crippen LogP contribution < -0.4 is 0 Å². The predicted octanol–water partition coefficient (Wildman–Crippen LogP) is 4.01. The Labute approximate surface area is 185 Å². The van der Waals surface area contributed by atoms with E-state index in [9.17, 15) is 14.4 Å². The van der Waals surface area contributed by atoms with Crippen molar-refractivity contribution in [1.29, 1.82) is 0 Å². The maximum Gasteiger partial charge on any atom is 0.305 e. The van der Waals surface area contributed by atoms with Gasteiger partial charge in [0.1, 0.15) is 0 Å². The van der Waals surface area contributed by atoms with Gasteiger partial charge in [0.2, 0.25) is 5.91 Å². The number of hydrogen-bond acceptors (Lipinski definition) is 5. The van der Waals surface area contributed by atoms with Crippen molar-refractivity contribution in [2.24, 2.45) is 0 Å². The summed E-state index contributed by atoms with van der Waals surface area (Å²) in [4.78, 5) is 37.9. The number of unbranched alkanes of at least 4 members (excludes halogenated alkanes) is 3. The molecule has 1 saturated heterocycles. The van der Waals surface area contributed by atoms with Crippen LogP contribution in [0.15, 0.2) is 36.4 Å². The van der Waals surface area contributed by atoms with Crippen molar-refractivity contribution in [1.82, 2.24) is 4.90 Å². The molecule has 0 aliphatic carbocycles. The van der Waals surface area contributed by atoms with Crippen LogP contribution in [-0.2, 0) is 36.9 Å². The van der Waals surface area contributed by atoms with Crippen molar-refractivity contribution in [3.8, 4) is 0 Å². The summed E-state index contributed by atoms with van der Waals surface area (Å²) in [6, 6.07) is 7.84. The Kier molecular flexibility index (Phi) is 11.0. The molecule has 6 heteroatoms. The highest BCUT2D eigenvalue weighted by Crippen LogP contribution is 2.21. The first-order valence-electron chi connectivity index (χ1n) is 11.3. The average molecular weight is 430 g/mol. The standard InChI is InChI=1S/C25H35NO5/c1-3-31-25(29)11-6-4-5-7-16-26-22(13-15-24(26)28)12-14-23(27)18-20-9-8-10-21(17-20)19-30-2/h8-10,12,14,17,22H,3-7,11,13,15-16,18-19H2,1-2H3/t22-/m0/s1. The molecule has 1 aromatic carbocycles. The number of hydrogen-bond donors (Lipinski definition) is 0. The molecule has 1 fully saturated rings. The summed E-state index contributed by atoms with van der Waals surface area (Å²) in [5.74, 6) is 0.0474. The second kappa shape index (κ2) is 13.8. The molecule has 170 valence electrons. The first kappa shape index (κ1) is 24.8. The zero-order chi connectivity index (χ0) is 22.5. The number of esters is 1. The van der Waals surface area contributed by atoms with E-state index in [1.165, 1.54) is 0 Å². The number of likely N-dealkylation sites (tertiary alicyclic amines) is 1. The van der Waals surface area contributed by atoms with Crippen LogP contribution in [0, 0.1) is 0 Å². The van der Waals surface area contributed by atoms with E-state index in [1.807, 2.05) is 42.2 Å². The SMILES string of the molecule is CCOC(=O)CCCCCCN1C(=O)CC[C@@H]1C=CC(=O)Cc1cccc(COC)c1. The minimum Gasteiger partial charge on any atom is -0.466 e. The number of carbonyl (C=O) groups is 3. The first-order chi connectivity index (χ1) is 15.0. The molecular formula is C25H35NO5. The Hall–Kier alpha value is -2.47. The Morgan fingerprint density at radius 1 is 1.16 bits per heavy atom. The lowest BCUT2D eigenvalue weighted by Gasteiger charge is -2.22. The third-order valence-electron chi connectivity index (χ3n) is 5.39. The lowest BCUT2D eigenvalue weighted by atomic mass is 10.0. The molecule has 1 atom stereocenters. The highest BCUT2D eigenvalue weighted by molar-refractivity contribution is 5.91. The second-order valence-electron chi connectivity index (χ2n) is 7.92. The summed E-state index contributed by atoms with van der Waals surface area (Å²) in [7, 11) is 1.65. The van der Waals surface area contributed by atoms with E-state index in [0.717, 1.165) is 43.2 Å². The van der Waals surface area contributed by atoms with E-state index >= 15 is 0 Å². The van der Waals surface area contributed by atoms with Crippen LogP contribution in [0.5, 0.6) is 0 Å². The molecule has 0 bridgehead atoms. The number of rotatable bonds is 14. The fourth-order valence-corrected chi connectivity index (χ4v) is 3.86. The average Bonchev–Trinajstić information content (AvgIpc) is 3.09. The van der Waals surface area contributed by atoms with Crippen molar-refractivity contribution in [2.45, 2.75) is 70.9 Å². The largest absolute Gasteiger partial charge is 0.466 e. The molecule has 1 heterocycles. The number of methoxy groups -OCH3 is 1. The van der Waals surface area contributed by atoms with Gasteiger partial charge in [-0.3, -0.25) is 14.4 Å². The molecule has 31 heavy (non-hydrogen) atoms. The molecule has 0 spiro atoms. The van der Waals surface area contributed by atoms with Gasteiger partial charge in [-0.1, -0.05) is 43.2 Å². The zero-order valence-electron chi connectivity index (χ0n) is 18.8. The molecule has 0 unspecified atom stereocenters. The van der Waals surface area contributed by atoms with Gasteiger partial charge in [-0.05, 0) is 43.4 Å². The number of ketones is 1. The molecule has 0 radical (unpaired) electrons. The van der Waals surface area contributed by atoms with Crippen LogP contribution >= 0.6 is 0 Å². The van der Waals surface area contributed by atoms with E-state index in [1.54, 1.807) is 13.2 Å². The third-order valence-corrected chi connectivity index (χ3v) is 5.39. The molecule has 1 aliphatic rings. The van der Waals surface area contributed by atoms with Crippen molar-refractivity contribution >= 4 is 17.7 Å². The number of amides is 1. The quantitative estimate of drug-likeness (QED) is 0.254. The summed E-state index contributed by atoms with van der Waals surface area (Å²) in [6.45, 7) is 3.46. The first-order valence-corrected chi connectivity index (χ1v) is 11.3. The van der Waals surface area contributed by atoms with Crippen LogP contribution in [0.3, 0.4) is 0 Å². The van der Waals surface area contributed by atoms with Gasteiger partial charge in [0.25, 0.3) is 0 Å². The highest BCUT2D eigenvalue weighted by Gasteiger charge is 2.28. The molecule has 1 amide bonds. The minimum absolute atomic E-state index is 0.00388. The lowest BCUT2D eigenvalue weighted by Crippen LogP contribution is -2.32. The summed E-state index contributed by atoms with van der Waals surface area (Å²) in [6.07, 6.45) is 9.23. The van der Waals surface area contributed by atoms with Gasteiger partial charge >= 0.3 is 5.97 Å². The van der Waals surface area contributed by atoms with Gasteiger partial charge in [-0.15, -0.1) is 0 Å². The van der Waals surface area contributed by atoms with E-state index in [-0.39, 0.29) is 23.7 Å². The van der Waals surface area contributed by atoms with Crippen molar-refractivity contribution < 1.29 is 23.9 Å². The molecule has 0 saturated carbocycles. The summed E-state index contributed by atoms with van der Waals surface area (Å²) >= 11 is 0. The minimum atomic E-state index is -0.141. The van der Waals surface area contributed by atoms with E-state index < -0.39 is 0 Å². The van der Waals surface area contributed by atoms with Gasteiger partial charge in [-0.2, -0.15) is 0 Å². The number of benzene rings is 1. The third kappa shape index (κ3) is 9.05. The smallest absolute Gasteiger partial charge is 0.305 e. The van der Waals surface area contributed by atoms with Crippen molar-refractivity contribution in [3.05, 3.63) is 47.5 Å². The van der Waals surface area contributed by atoms with Gasteiger partial charge in [-0.25, -0.2) is 0 Å². The van der Waals surface area contributed by atoms with Crippen LogP contribution in [0.2, 0.25) is 0 Å². The van der Waals surface area contributed by atoms with Crippen LogP contribution in [0.4, 0.5) is 0 Å². The Balaban J connectivity index is 1.75. The van der Waals surface area contributed by atoms with Gasteiger partial charge in [0, 0.05) is 32.9 Å². The van der Waals surface area contributed by atoms with E-state index in [0.29, 0.717) is 39.0 Å². The van der Waals surface area contributed by atoms with Crippen LogP contribution in [0.1, 0.15) is 63.0 Å². The Bertz CT molecular complexity index is 758. The fourth-order valence-electron chi connectivity index (χ4n) is 3.86.